The Bertz CT molecular complexity index is 451. The van der Waals surface area contributed by atoms with Gasteiger partial charge in [0, 0.05) is 6.54 Å². The van der Waals surface area contributed by atoms with Crippen molar-refractivity contribution in [3.63, 3.8) is 0 Å². The molecule has 0 fully saturated rings. The van der Waals surface area contributed by atoms with Crippen LogP contribution in [0.25, 0.3) is 11.1 Å². The lowest BCUT2D eigenvalue weighted by atomic mass is 10.0. The van der Waals surface area contributed by atoms with E-state index in [1.165, 1.54) is 6.07 Å². The van der Waals surface area contributed by atoms with Gasteiger partial charge in [-0.1, -0.05) is 13.0 Å². The number of hydrogen-bond acceptors (Lipinski definition) is 2. The molecule has 0 spiro atoms. The van der Waals surface area contributed by atoms with Crippen molar-refractivity contribution in [2.75, 3.05) is 6.54 Å². The Hall–Kier alpha value is -1.19. The average Bonchev–Trinajstić information content (AvgIpc) is 2.80. The zero-order valence-electron chi connectivity index (χ0n) is 9.16. The summed E-state index contributed by atoms with van der Waals surface area (Å²) in [6, 6.07) is 7.00. The Morgan fingerprint density at radius 2 is 2.19 bits per heavy atom. The van der Waals surface area contributed by atoms with E-state index >= 15 is 0 Å². The Kier molecular flexibility index (Phi) is 3.70. The number of hydrogen-bond donors (Lipinski definition) is 1. The lowest BCUT2D eigenvalue weighted by molar-refractivity contribution is 0.626. The van der Waals surface area contributed by atoms with Gasteiger partial charge in [0.25, 0.3) is 0 Å². The van der Waals surface area contributed by atoms with Crippen molar-refractivity contribution in [2.45, 2.75) is 13.5 Å². The highest BCUT2D eigenvalue weighted by molar-refractivity contribution is 7.08. The molecule has 0 saturated carbocycles. The molecule has 0 aliphatic carbocycles. The van der Waals surface area contributed by atoms with Gasteiger partial charge in [-0.15, -0.1) is 0 Å². The second-order valence-corrected chi connectivity index (χ2v) is 4.37. The molecule has 0 radical (unpaired) electrons. The summed E-state index contributed by atoms with van der Waals surface area (Å²) < 4.78 is 13.2. The third-order valence-electron chi connectivity index (χ3n) is 2.47. The van der Waals surface area contributed by atoms with E-state index in [2.05, 4.69) is 12.2 Å². The minimum absolute atomic E-state index is 0.179. The smallest absolute Gasteiger partial charge is 0.123 e. The van der Waals surface area contributed by atoms with E-state index in [1.54, 1.807) is 17.4 Å². The van der Waals surface area contributed by atoms with Crippen molar-refractivity contribution in [3.8, 4) is 11.1 Å². The molecule has 0 amide bonds. The zero-order valence-corrected chi connectivity index (χ0v) is 9.98. The Balaban J connectivity index is 2.37. The van der Waals surface area contributed by atoms with Crippen LogP contribution in [0.1, 0.15) is 12.5 Å². The molecule has 1 nitrogen and oxygen atoms in total. The van der Waals surface area contributed by atoms with Gasteiger partial charge in [-0.05, 0) is 52.2 Å². The van der Waals surface area contributed by atoms with Gasteiger partial charge in [0.05, 0.1) is 0 Å². The van der Waals surface area contributed by atoms with Crippen LogP contribution in [0.5, 0.6) is 0 Å². The Morgan fingerprint density at radius 3 is 2.88 bits per heavy atom. The van der Waals surface area contributed by atoms with E-state index in [1.807, 2.05) is 22.9 Å². The summed E-state index contributed by atoms with van der Waals surface area (Å²) in [5.41, 5.74) is 3.22. The van der Waals surface area contributed by atoms with Crippen molar-refractivity contribution in [1.82, 2.24) is 5.32 Å². The van der Waals surface area contributed by atoms with Crippen LogP contribution in [-0.4, -0.2) is 6.54 Å². The first-order valence-corrected chi connectivity index (χ1v) is 6.27. The van der Waals surface area contributed by atoms with E-state index in [0.29, 0.717) is 0 Å². The van der Waals surface area contributed by atoms with Crippen LogP contribution in [0.4, 0.5) is 4.39 Å². The summed E-state index contributed by atoms with van der Waals surface area (Å²) in [5.74, 6) is -0.179. The molecule has 1 aromatic heterocycles. The van der Waals surface area contributed by atoms with Gasteiger partial charge in [0.15, 0.2) is 0 Å². The fourth-order valence-corrected chi connectivity index (χ4v) is 2.30. The average molecular weight is 235 g/mol. The molecular weight excluding hydrogens is 221 g/mol. The monoisotopic (exact) mass is 235 g/mol. The molecular formula is C13H14FNS. The molecule has 1 N–H and O–H groups in total. The second kappa shape index (κ2) is 5.23. The predicted octanol–water partition coefficient (Wildman–Crippen LogP) is 3.66. The van der Waals surface area contributed by atoms with Gasteiger partial charge in [0.2, 0.25) is 0 Å². The molecule has 1 heterocycles. The standard InChI is InChI=1S/C13H14FNS/c1-2-15-8-10-3-4-12(14)7-13(10)11-5-6-16-9-11/h3-7,9,15H,2,8H2,1H3. The fourth-order valence-electron chi connectivity index (χ4n) is 1.65. The highest BCUT2D eigenvalue weighted by atomic mass is 32.1. The van der Waals surface area contributed by atoms with Crippen LogP contribution in [0.15, 0.2) is 35.0 Å². The van der Waals surface area contributed by atoms with Gasteiger partial charge in [0.1, 0.15) is 5.82 Å². The molecule has 3 heteroatoms. The van der Waals surface area contributed by atoms with Crippen molar-refractivity contribution in [3.05, 3.63) is 46.4 Å². The summed E-state index contributed by atoms with van der Waals surface area (Å²) in [6.45, 7) is 3.76. The molecule has 0 bridgehead atoms. The maximum Gasteiger partial charge on any atom is 0.123 e. The van der Waals surface area contributed by atoms with Crippen molar-refractivity contribution < 1.29 is 4.39 Å². The highest BCUT2D eigenvalue weighted by Gasteiger charge is 2.06. The van der Waals surface area contributed by atoms with Gasteiger partial charge in [-0.3, -0.25) is 0 Å². The van der Waals surface area contributed by atoms with Crippen LogP contribution < -0.4 is 5.32 Å². The molecule has 2 aromatic rings. The molecule has 1 aromatic carbocycles. The molecule has 0 aliphatic heterocycles. The summed E-state index contributed by atoms with van der Waals surface area (Å²) in [6.07, 6.45) is 0. The number of halogens is 1. The lowest BCUT2D eigenvalue weighted by Crippen LogP contribution is -2.12. The summed E-state index contributed by atoms with van der Waals surface area (Å²) in [4.78, 5) is 0. The van der Waals surface area contributed by atoms with Gasteiger partial charge >= 0.3 is 0 Å². The first-order chi connectivity index (χ1) is 7.81. The van der Waals surface area contributed by atoms with Crippen LogP contribution in [0, 0.1) is 5.82 Å². The first kappa shape index (κ1) is 11.3. The minimum atomic E-state index is -0.179. The van der Waals surface area contributed by atoms with E-state index in [0.717, 1.165) is 29.8 Å². The third-order valence-corrected chi connectivity index (χ3v) is 3.15. The number of rotatable bonds is 4. The molecule has 84 valence electrons. The van der Waals surface area contributed by atoms with Gasteiger partial charge in [-0.25, -0.2) is 4.39 Å². The normalized spacial score (nSPS) is 10.6. The molecule has 2 rings (SSSR count). The Labute approximate surface area is 98.9 Å². The van der Waals surface area contributed by atoms with Gasteiger partial charge in [-0.2, -0.15) is 11.3 Å². The molecule has 0 saturated heterocycles. The summed E-state index contributed by atoms with van der Waals surface area (Å²) in [7, 11) is 0. The van der Waals surface area contributed by atoms with Crippen LogP contribution in [0.2, 0.25) is 0 Å². The zero-order chi connectivity index (χ0) is 11.4. The third kappa shape index (κ3) is 2.49. The first-order valence-electron chi connectivity index (χ1n) is 5.33. The second-order valence-electron chi connectivity index (χ2n) is 3.59. The van der Waals surface area contributed by atoms with E-state index < -0.39 is 0 Å². The summed E-state index contributed by atoms with van der Waals surface area (Å²) in [5, 5.41) is 7.32. The van der Waals surface area contributed by atoms with Crippen LogP contribution in [0.3, 0.4) is 0 Å². The minimum Gasteiger partial charge on any atom is -0.313 e. The highest BCUT2D eigenvalue weighted by Crippen LogP contribution is 2.26. The number of thiophene rings is 1. The van der Waals surface area contributed by atoms with Gasteiger partial charge < -0.3 is 5.32 Å². The molecule has 0 aliphatic rings. The van der Waals surface area contributed by atoms with Crippen molar-refractivity contribution in [1.29, 1.82) is 0 Å². The maximum absolute atomic E-state index is 13.2. The SMILES string of the molecule is CCNCc1ccc(F)cc1-c1ccsc1. The molecule has 0 atom stereocenters. The summed E-state index contributed by atoms with van der Waals surface area (Å²) >= 11 is 1.63. The predicted molar refractivity (Wildman–Crippen MR) is 67.1 cm³/mol. The van der Waals surface area contributed by atoms with E-state index in [4.69, 9.17) is 0 Å². The topological polar surface area (TPSA) is 12.0 Å². The Morgan fingerprint density at radius 1 is 1.31 bits per heavy atom. The molecule has 16 heavy (non-hydrogen) atoms. The van der Waals surface area contributed by atoms with Crippen LogP contribution in [-0.2, 0) is 6.54 Å². The number of nitrogens with one attached hydrogen (secondary N) is 1. The van der Waals surface area contributed by atoms with Crippen molar-refractivity contribution >= 4 is 11.3 Å². The lowest BCUT2D eigenvalue weighted by Gasteiger charge is -2.08. The number of benzene rings is 1. The maximum atomic E-state index is 13.2. The van der Waals surface area contributed by atoms with Crippen molar-refractivity contribution in [2.24, 2.45) is 0 Å². The van der Waals surface area contributed by atoms with E-state index in [9.17, 15) is 4.39 Å². The fraction of sp³-hybridized carbons (Fsp3) is 0.231. The quantitative estimate of drug-likeness (QED) is 0.852. The molecule has 0 unspecified atom stereocenters. The largest absolute Gasteiger partial charge is 0.313 e. The van der Waals surface area contributed by atoms with E-state index in [-0.39, 0.29) is 5.82 Å². The van der Waals surface area contributed by atoms with Crippen LogP contribution >= 0.6 is 11.3 Å².